The quantitative estimate of drug-likeness (QED) is 0.612. The maximum Gasteiger partial charge on any atom is 0.215 e. The van der Waals surface area contributed by atoms with E-state index < -0.39 is 0 Å². The fraction of sp³-hybridized carbons (Fsp3) is 0.280. The minimum atomic E-state index is -0.0190. The van der Waals surface area contributed by atoms with Crippen LogP contribution in [-0.2, 0) is 5.41 Å². The highest BCUT2D eigenvalue weighted by Crippen LogP contribution is 2.39. The molecule has 0 N–H and O–H groups in total. The van der Waals surface area contributed by atoms with Gasteiger partial charge in [-0.05, 0) is 37.1 Å². The molecule has 0 radical (unpaired) electrons. The van der Waals surface area contributed by atoms with Gasteiger partial charge >= 0.3 is 0 Å². The second-order valence-electron chi connectivity index (χ2n) is 8.12. The Bertz CT molecular complexity index is 1070. The summed E-state index contributed by atoms with van der Waals surface area (Å²) in [5, 5.41) is 8.79. The molecule has 2 aromatic carbocycles. The third-order valence-corrected chi connectivity index (χ3v) is 5.91. The molecule has 0 atom stereocenters. The lowest BCUT2D eigenvalue weighted by Crippen LogP contribution is -2.37. The van der Waals surface area contributed by atoms with Gasteiger partial charge in [0, 0.05) is 50.0 Å². The lowest BCUT2D eigenvalue weighted by atomic mass is 9.82. The number of nitriles is 1. The maximum absolute atomic E-state index is 8.79. The van der Waals surface area contributed by atoms with Gasteiger partial charge in [-0.3, -0.25) is 0 Å². The lowest BCUT2D eigenvalue weighted by molar-refractivity contribution is -0.606. The number of rotatable bonds is 4. The molecule has 0 amide bonds. The highest BCUT2D eigenvalue weighted by atomic mass is 15.1. The van der Waals surface area contributed by atoms with E-state index in [1.807, 2.05) is 7.05 Å². The summed E-state index contributed by atoms with van der Waals surface area (Å²) in [6.45, 7) is 7.55. The van der Waals surface area contributed by atoms with Crippen molar-refractivity contribution in [3.8, 4) is 22.9 Å². The van der Waals surface area contributed by atoms with Crippen LogP contribution < -0.4 is 9.47 Å². The number of aromatic nitrogens is 1. The molecule has 0 spiro atoms. The van der Waals surface area contributed by atoms with E-state index in [0.29, 0.717) is 6.42 Å². The average molecular weight is 369 g/mol. The number of anilines is 1. The topological polar surface area (TPSA) is 30.9 Å². The first kappa shape index (κ1) is 18.3. The van der Waals surface area contributed by atoms with Gasteiger partial charge in [-0.1, -0.05) is 30.3 Å². The summed E-state index contributed by atoms with van der Waals surface area (Å²) in [6.07, 6.45) is 0.537. The van der Waals surface area contributed by atoms with Crippen molar-refractivity contribution < 1.29 is 4.57 Å². The van der Waals surface area contributed by atoms with Gasteiger partial charge in [0.1, 0.15) is 0 Å². The van der Waals surface area contributed by atoms with Gasteiger partial charge in [-0.2, -0.15) is 9.83 Å². The van der Waals surface area contributed by atoms with Crippen molar-refractivity contribution in [1.82, 2.24) is 0 Å². The molecule has 4 rings (SSSR count). The van der Waals surface area contributed by atoms with E-state index in [0.717, 1.165) is 12.2 Å². The Balaban J connectivity index is 1.73. The Kier molecular flexibility index (Phi) is 4.43. The summed E-state index contributed by atoms with van der Waals surface area (Å²) in [7, 11) is 2.03. The Morgan fingerprint density at radius 1 is 1.00 bits per heavy atom. The summed E-state index contributed by atoms with van der Waals surface area (Å²) < 4.78 is 2.39. The molecule has 3 heteroatoms. The van der Waals surface area contributed by atoms with Gasteiger partial charge in [-0.15, -0.1) is 0 Å². The predicted molar refractivity (Wildman–Crippen MR) is 114 cm³/mol. The van der Waals surface area contributed by atoms with Crippen molar-refractivity contribution in [2.75, 3.05) is 18.5 Å². The standard InChI is InChI=1S/C25H26N3/c1-18-16-20(19-10-12-21(13-11-19)27(4)15-7-14-26)17-24-25(2,3)22-8-5-6-9-23(22)28(18)24/h5-6,8-13,16-17H,7,15H2,1-4H3/q+1. The van der Waals surface area contributed by atoms with Gasteiger partial charge in [0.05, 0.1) is 17.9 Å². The van der Waals surface area contributed by atoms with Crippen LogP contribution in [0.2, 0.25) is 0 Å². The number of benzene rings is 2. The molecule has 0 aliphatic carbocycles. The fourth-order valence-corrected chi connectivity index (χ4v) is 4.27. The third kappa shape index (κ3) is 2.86. The molecular formula is C25H26N3+. The van der Waals surface area contributed by atoms with Crippen molar-refractivity contribution in [3.63, 3.8) is 0 Å². The molecule has 0 unspecified atom stereocenters. The molecule has 0 saturated heterocycles. The number of fused-ring (bicyclic) bond motifs is 3. The average Bonchev–Trinajstić information content (AvgIpc) is 2.94. The third-order valence-electron chi connectivity index (χ3n) is 5.91. The molecular weight excluding hydrogens is 342 g/mol. The molecule has 28 heavy (non-hydrogen) atoms. The van der Waals surface area contributed by atoms with E-state index in [2.05, 4.69) is 97.0 Å². The highest BCUT2D eigenvalue weighted by molar-refractivity contribution is 5.67. The van der Waals surface area contributed by atoms with Crippen LogP contribution in [0.25, 0.3) is 16.8 Å². The first-order valence-corrected chi connectivity index (χ1v) is 9.79. The molecule has 1 aliphatic heterocycles. The number of aryl methyl sites for hydroxylation is 1. The summed E-state index contributed by atoms with van der Waals surface area (Å²) >= 11 is 0. The molecule has 3 nitrogen and oxygen atoms in total. The molecule has 1 aliphatic rings. The summed E-state index contributed by atoms with van der Waals surface area (Å²) in [4.78, 5) is 2.12. The monoisotopic (exact) mass is 368 g/mol. The van der Waals surface area contributed by atoms with Crippen LogP contribution in [0.1, 0.15) is 37.2 Å². The van der Waals surface area contributed by atoms with Crippen molar-refractivity contribution >= 4 is 5.69 Å². The summed E-state index contributed by atoms with van der Waals surface area (Å²) in [5.74, 6) is 0. The van der Waals surface area contributed by atoms with Crippen LogP contribution in [0, 0.1) is 18.3 Å². The Morgan fingerprint density at radius 2 is 1.71 bits per heavy atom. The minimum Gasteiger partial charge on any atom is -0.374 e. The second kappa shape index (κ2) is 6.80. The predicted octanol–water partition coefficient (Wildman–Crippen LogP) is 4.93. The van der Waals surface area contributed by atoms with Gasteiger partial charge in [0.25, 0.3) is 0 Å². The summed E-state index contributed by atoms with van der Waals surface area (Å²) in [5.41, 5.74) is 8.84. The SMILES string of the molecule is Cc1cc(-c2ccc(N(C)CCC#N)cc2)cc2[n+]1-c1ccccc1C2(C)C. The van der Waals surface area contributed by atoms with E-state index in [1.54, 1.807) is 0 Å². The first-order valence-electron chi connectivity index (χ1n) is 9.79. The smallest absolute Gasteiger partial charge is 0.215 e. The Hall–Kier alpha value is -3.12. The van der Waals surface area contributed by atoms with E-state index in [-0.39, 0.29) is 5.41 Å². The second-order valence-corrected chi connectivity index (χ2v) is 8.12. The number of hydrogen-bond donors (Lipinski definition) is 0. The van der Waals surface area contributed by atoms with Crippen LogP contribution in [-0.4, -0.2) is 13.6 Å². The van der Waals surface area contributed by atoms with E-state index in [4.69, 9.17) is 5.26 Å². The molecule has 140 valence electrons. The zero-order valence-electron chi connectivity index (χ0n) is 17.0. The molecule has 0 saturated carbocycles. The Morgan fingerprint density at radius 3 is 2.43 bits per heavy atom. The Labute approximate surface area is 167 Å². The van der Waals surface area contributed by atoms with E-state index in [1.165, 1.54) is 33.8 Å². The maximum atomic E-state index is 8.79. The van der Waals surface area contributed by atoms with Gasteiger partial charge in [-0.25, -0.2) is 0 Å². The molecule has 1 aromatic heterocycles. The van der Waals surface area contributed by atoms with Crippen LogP contribution in [0.4, 0.5) is 5.69 Å². The van der Waals surface area contributed by atoms with Gasteiger partial charge < -0.3 is 4.90 Å². The normalized spacial score (nSPS) is 13.5. The highest BCUT2D eigenvalue weighted by Gasteiger charge is 2.44. The van der Waals surface area contributed by atoms with Crippen LogP contribution in [0.3, 0.4) is 0 Å². The van der Waals surface area contributed by atoms with Crippen molar-refractivity contribution in [2.45, 2.75) is 32.6 Å². The van der Waals surface area contributed by atoms with E-state index in [9.17, 15) is 0 Å². The van der Waals surface area contributed by atoms with Crippen LogP contribution >= 0.6 is 0 Å². The lowest BCUT2D eigenvalue weighted by Gasteiger charge is -2.18. The van der Waals surface area contributed by atoms with Crippen LogP contribution in [0.5, 0.6) is 0 Å². The largest absolute Gasteiger partial charge is 0.374 e. The van der Waals surface area contributed by atoms with Crippen LogP contribution in [0.15, 0.2) is 60.7 Å². The molecule has 2 heterocycles. The van der Waals surface area contributed by atoms with Crippen molar-refractivity contribution in [1.29, 1.82) is 5.26 Å². The number of para-hydroxylation sites is 1. The number of pyridine rings is 1. The molecule has 0 fully saturated rings. The first-order chi connectivity index (χ1) is 13.4. The van der Waals surface area contributed by atoms with Gasteiger partial charge in [0.2, 0.25) is 5.69 Å². The van der Waals surface area contributed by atoms with E-state index >= 15 is 0 Å². The zero-order chi connectivity index (χ0) is 19.9. The van der Waals surface area contributed by atoms with Crippen molar-refractivity contribution in [3.05, 3.63) is 77.6 Å². The molecule has 0 bridgehead atoms. The zero-order valence-corrected chi connectivity index (χ0v) is 17.0. The fourth-order valence-electron chi connectivity index (χ4n) is 4.27. The molecule has 3 aromatic rings. The van der Waals surface area contributed by atoms with Gasteiger partial charge in [0.15, 0.2) is 11.4 Å². The van der Waals surface area contributed by atoms with Crippen molar-refractivity contribution in [2.24, 2.45) is 0 Å². The summed E-state index contributed by atoms with van der Waals surface area (Å²) in [6, 6.07) is 24.2. The number of nitrogens with zero attached hydrogens (tertiary/aromatic N) is 3. The minimum absolute atomic E-state index is 0.0190. The number of hydrogen-bond acceptors (Lipinski definition) is 2.